The van der Waals surface area contributed by atoms with Crippen LogP contribution in [0.15, 0.2) is 60.0 Å². The van der Waals surface area contributed by atoms with E-state index in [0.29, 0.717) is 22.7 Å². The summed E-state index contributed by atoms with van der Waals surface area (Å²) in [5.41, 5.74) is 3.64. The van der Waals surface area contributed by atoms with E-state index in [9.17, 15) is 19.7 Å². The van der Waals surface area contributed by atoms with Gasteiger partial charge in [-0.1, -0.05) is 29.2 Å². The zero-order valence-corrected chi connectivity index (χ0v) is 17.2. The third kappa shape index (κ3) is 5.30. The summed E-state index contributed by atoms with van der Waals surface area (Å²) in [6.45, 7) is 1.70. The second-order valence-corrected chi connectivity index (χ2v) is 6.49. The van der Waals surface area contributed by atoms with Gasteiger partial charge in [0, 0.05) is 5.10 Å². The number of carbonyl (C=O) groups is 2. The van der Waals surface area contributed by atoms with Crippen LogP contribution in [0.3, 0.4) is 0 Å². The molecule has 3 rings (SSSR count). The minimum absolute atomic E-state index is 0.0906. The van der Waals surface area contributed by atoms with Crippen LogP contribution in [0.1, 0.15) is 27.6 Å². The first kappa shape index (κ1) is 22.1. The van der Waals surface area contributed by atoms with E-state index in [1.54, 1.807) is 55.5 Å². The fraction of sp³-hybridized carbons (Fsp3) is 0.150. The van der Waals surface area contributed by atoms with E-state index < -0.39 is 22.7 Å². The quantitative estimate of drug-likeness (QED) is 0.311. The Labute approximate surface area is 182 Å². The summed E-state index contributed by atoms with van der Waals surface area (Å²) in [5.74, 6) is -1.11. The number of nitrogens with one attached hydrogen (secondary N) is 2. The molecule has 1 aromatic heterocycles. The maximum atomic E-state index is 12.7. The van der Waals surface area contributed by atoms with Crippen molar-refractivity contribution in [2.24, 2.45) is 5.10 Å². The summed E-state index contributed by atoms with van der Waals surface area (Å²) in [5, 5.41) is 21.0. The molecule has 32 heavy (non-hydrogen) atoms. The summed E-state index contributed by atoms with van der Waals surface area (Å²) in [6.07, 6.45) is 1.20. The number of para-hydroxylation sites is 2. The van der Waals surface area contributed by atoms with Crippen LogP contribution in [-0.4, -0.2) is 44.3 Å². The smallest absolute Gasteiger partial charge is 0.490 e. The van der Waals surface area contributed by atoms with Gasteiger partial charge in [0.2, 0.25) is 6.33 Å². The zero-order chi connectivity index (χ0) is 23.1. The number of hydrogen-bond donors (Lipinski definition) is 2. The third-order valence-corrected chi connectivity index (χ3v) is 4.20. The first-order valence-electron chi connectivity index (χ1n) is 9.29. The SMILES string of the molecule is COc1ccccc1C(=O)Nc1ccccc1C(=O)N/N=C(\C)Cn1cnc([N+](=O)[O-])n1. The molecule has 1 heterocycles. The van der Waals surface area contributed by atoms with E-state index in [4.69, 9.17) is 4.74 Å². The number of hydrazone groups is 1. The van der Waals surface area contributed by atoms with Gasteiger partial charge in [0.05, 0.1) is 36.2 Å². The number of aromatic nitrogens is 3. The van der Waals surface area contributed by atoms with Gasteiger partial charge in [0.15, 0.2) is 0 Å². The minimum atomic E-state index is -0.707. The lowest BCUT2D eigenvalue weighted by atomic mass is 10.1. The van der Waals surface area contributed by atoms with Gasteiger partial charge in [-0.05, 0) is 36.1 Å². The van der Waals surface area contributed by atoms with Crippen molar-refractivity contribution >= 4 is 29.2 Å². The fourth-order valence-corrected chi connectivity index (χ4v) is 2.73. The van der Waals surface area contributed by atoms with Crippen molar-refractivity contribution in [1.29, 1.82) is 0 Å². The van der Waals surface area contributed by atoms with Crippen LogP contribution < -0.4 is 15.5 Å². The van der Waals surface area contributed by atoms with Crippen molar-refractivity contribution in [3.8, 4) is 5.75 Å². The highest BCUT2D eigenvalue weighted by atomic mass is 16.6. The van der Waals surface area contributed by atoms with Crippen molar-refractivity contribution in [2.75, 3.05) is 12.4 Å². The molecular formula is C20H19N7O5. The van der Waals surface area contributed by atoms with Gasteiger partial charge in [-0.25, -0.2) is 5.43 Å². The van der Waals surface area contributed by atoms with Crippen molar-refractivity contribution in [1.82, 2.24) is 20.2 Å². The Bertz CT molecular complexity index is 1190. The maximum absolute atomic E-state index is 12.7. The normalized spacial score (nSPS) is 11.0. The number of amides is 2. The Kier molecular flexibility index (Phi) is 6.85. The van der Waals surface area contributed by atoms with Gasteiger partial charge in [-0.2, -0.15) is 9.78 Å². The molecule has 3 aromatic rings. The van der Waals surface area contributed by atoms with Crippen LogP contribution in [0.25, 0.3) is 0 Å². The molecule has 0 saturated carbocycles. The van der Waals surface area contributed by atoms with Gasteiger partial charge in [0.1, 0.15) is 5.75 Å². The molecule has 2 N–H and O–H groups in total. The molecule has 12 heteroatoms. The van der Waals surface area contributed by atoms with Crippen LogP contribution in [0.4, 0.5) is 11.6 Å². The van der Waals surface area contributed by atoms with E-state index in [1.165, 1.54) is 18.1 Å². The summed E-state index contributed by atoms with van der Waals surface area (Å²) in [7, 11) is 1.46. The highest BCUT2D eigenvalue weighted by molar-refractivity contribution is 6.10. The van der Waals surface area contributed by atoms with Crippen LogP contribution >= 0.6 is 0 Å². The summed E-state index contributed by atoms with van der Waals surface area (Å²) >= 11 is 0. The third-order valence-electron chi connectivity index (χ3n) is 4.20. The predicted octanol–water partition coefficient (Wildman–Crippen LogP) is 2.25. The lowest BCUT2D eigenvalue weighted by molar-refractivity contribution is -0.394. The molecule has 2 aromatic carbocycles. The maximum Gasteiger partial charge on any atom is 0.490 e. The second kappa shape index (κ2) is 9.93. The van der Waals surface area contributed by atoms with Crippen molar-refractivity contribution in [3.05, 3.63) is 76.1 Å². The van der Waals surface area contributed by atoms with E-state index in [-0.39, 0.29) is 12.1 Å². The highest BCUT2D eigenvalue weighted by Gasteiger charge is 2.17. The first-order chi connectivity index (χ1) is 15.4. The van der Waals surface area contributed by atoms with Gasteiger partial charge < -0.3 is 20.2 Å². The lowest BCUT2D eigenvalue weighted by Gasteiger charge is -2.12. The Morgan fingerprint density at radius 1 is 1.12 bits per heavy atom. The summed E-state index contributed by atoms with van der Waals surface area (Å²) in [4.78, 5) is 38.8. The number of nitro groups is 1. The largest absolute Gasteiger partial charge is 0.496 e. The van der Waals surface area contributed by atoms with Crippen LogP contribution in [-0.2, 0) is 6.54 Å². The van der Waals surface area contributed by atoms with Crippen molar-refractivity contribution in [3.63, 3.8) is 0 Å². The highest BCUT2D eigenvalue weighted by Crippen LogP contribution is 2.21. The van der Waals surface area contributed by atoms with Crippen LogP contribution in [0, 0.1) is 10.1 Å². The lowest BCUT2D eigenvalue weighted by Crippen LogP contribution is -2.23. The Balaban J connectivity index is 1.70. The van der Waals surface area contributed by atoms with Crippen molar-refractivity contribution < 1.29 is 19.2 Å². The van der Waals surface area contributed by atoms with Gasteiger partial charge in [-0.3, -0.25) is 9.59 Å². The monoisotopic (exact) mass is 437 g/mol. The molecule has 0 radical (unpaired) electrons. The number of anilines is 1. The number of benzene rings is 2. The van der Waals surface area contributed by atoms with Gasteiger partial charge >= 0.3 is 5.95 Å². The number of carbonyl (C=O) groups excluding carboxylic acids is 2. The second-order valence-electron chi connectivity index (χ2n) is 6.49. The Morgan fingerprint density at radius 3 is 2.50 bits per heavy atom. The zero-order valence-electron chi connectivity index (χ0n) is 17.2. The average Bonchev–Trinajstić information content (AvgIpc) is 3.26. The standard InChI is InChI=1S/C20H19N7O5/c1-13(11-26-12-21-20(25-26)27(30)31)23-24-19(29)14-7-3-5-9-16(14)22-18(28)15-8-4-6-10-17(15)32-2/h3-10,12H,11H2,1-2H3,(H,22,28)(H,24,29)/b23-13+. The number of ether oxygens (including phenoxy) is 1. The summed E-state index contributed by atoms with van der Waals surface area (Å²) in [6, 6.07) is 13.2. The molecule has 164 valence electrons. The molecule has 0 atom stereocenters. The van der Waals surface area contributed by atoms with Gasteiger partial charge in [0.25, 0.3) is 11.8 Å². The average molecular weight is 437 g/mol. The molecule has 0 unspecified atom stereocenters. The molecule has 2 amide bonds. The number of nitrogens with zero attached hydrogens (tertiary/aromatic N) is 5. The molecule has 12 nitrogen and oxygen atoms in total. The van der Waals surface area contributed by atoms with E-state index in [2.05, 4.69) is 25.9 Å². The number of hydrogen-bond acceptors (Lipinski definition) is 8. The van der Waals surface area contributed by atoms with Crippen LogP contribution in [0.5, 0.6) is 5.75 Å². The Hall–Kier alpha value is -4.61. The number of rotatable bonds is 8. The minimum Gasteiger partial charge on any atom is -0.496 e. The number of methoxy groups -OCH3 is 1. The van der Waals surface area contributed by atoms with Crippen molar-refractivity contribution in [2.45, 2.75) is 13.5 Å². The molecular weight excluding hydrogens is 418 g/mol. The first-order valence-corrected chi connectivity index (χ1v) is 9.29. The molecule has 0 aliphatic rings. The van der Waals surface area contributed by atoms with Gasteiger partial charge in [-0.15, -0.1) is 0 Å². The van der Waals surface area contributed by atoms with E-state index in [1.807, 2.05) is 0 Å². The molecule has 0 saturated heterocycles. The summed E-state index contributed by atoms with van der Waals surface area (Å²) < 4.78 is 6.43. The van der Waals surface area contributed by atoms with E-state index in [0.717, 1.165) is 0 Å². The van der Waals surface area contributed by atoms with Crippen LogP contribution in [0.2, 0.25) is 0 Å². The molecule has 0 spiro atoms. The fourth-order valence-electron chi connectivity index (χ4n) is 2.73. The molecule has 0 aliphatic heterocycles. The molecule has 0 bridgehead atoms. The topological polar surface area (TPSA) is 154 Å². The van der Waals surface area contributed by atoms with E-state index >= 15 is 0 Å². The predicted molar refractivity (Wildman–Crippen MR) is 115 cm³/mol. The molecule has 0 fully saturated rings. The molecule has 0 aliphatic carbocycles. The Morgan fingerprint density at radius 2 is 1.81 bits per heavy atom.